The van der Waals surface area contributed by atoms with E-state index in [0.717, 1.165) is 47.5 Å². The predicted molar refractivity (Wildman–Crippen MR) is 141 cm³/mol. The molecular formula is C28H26FN3O6S. The molecule has 9 nitrogen and oxygen atoms in total. The van der Waals surface area contributed by atoms with Crippen molar-refractivity contribution >= 4 is 15.9 Å². The van der Waals surface area contributed by atoms with Crippen LogP contribution < -0.4 is 14.2 Å². The van der Waals surface area contributed by atoms with Gasteiger partial charge in [0.1, 0.15) is 11.9 Å². The van der Waals surface area contributed by atoms with Gasteiger partial charge in [0.05, 0.1) is 37.5 Å². The maximum Gasteiger partial charge on any atom is 0.264 e. The first-order valence-electron chi connectivity index (χ1n) is 12.2. The molecule has 202 valence electrons. The van der Waals surface area contributed by atoms with E-state index in [9.17, 15) is 17.6 Å². The Labute approximate surface area is 225 Å². The van der Waals surface area contributed by atoms with Crippen molar-refractivity contribution in [2.24, 2.45) is 0 Å². The number of halogens is 1. The van der Waals surface area contributed by atoms with Crippen LogP contribution in [0.2, 0.25) is 0 Å². The van der Waals surface area contributed by atoms with Gasteiger partial charge in [0, 0.05) is 23.7 Å². The normalized spacial score (nSPS) is 15.2. The summed E-state index contributed by atoms with van der Waals surface area (Å²) in [7, 11) is -2.54. The van der Waals surface area contributed by atoms with Crippen LogP contribution in [-0.2, 0) is 21.3 Å². The lowest BCUT2D eigenvalue weighted by atomic mass is 10.1. The first kappa shape index (κ1) is 26.4. The quantitative estimate of drug-likeness (QED) is 0.335. The van der Waals surface area contributed by atoms with Crippen LogP contribution in [0.25, 0.3) is 11.3 Å². The molecule has 3 aromatic carbocycles. The average molecular weight is 552 g/mol. The van der Waals surface area contributed by atoms with Gasteiger partial charge < -0.3 is 14.2 Å². The summed E-state index contributed by atoms with van der Waals surface area (Å²) in [5.74, 6) is -0.101. The van der Waals surface area contributed by atoms with Gasteiger partial charge in [-0.2, -0.15) is 5.10 Å². The molecule has 1 aliphatic rings. The van der Waals surface area contributed by atoms with Crippen LogP contribution in [-0.4, -0.2) is 50.5 Å². The van der Waals surface area contributed by atoms with E-state index in [-0.39, 0.29) is 16.6 Å². The fourth-order valence-electron chi connectivity index (χ4n) is 4.21. The first-order chi connectivity index (χ1) is 18.8. The molecule has 1 unspecified atom stereocenters. The van der Waals surface area contributed by atoms with Crippen molar-refractivity contribution in [3.63, 3.8) is 0 Å². The second-order valence-corrected chi connectivity index (χ2v) is 10.6. The Bertz CT molecular complexity index is 1560. The molecule has 2 heterocycles. The molecule has 1 saturated heterocycles. The Kier molecular flexibility index (Phi) is 7.62. The summed E-state index contributed by atoms with van der Waals surface area (Å²) in [6.45, 7) is 1.62. The van der Waals surface area contributed by atoms with E-state index in [2.05, 4.69) is 5.10 Å². The Balaban J connectivity index is 1.29. The van der Waals surface area contributed by atoms with Gasteiger partial charge in [-0.3, -0.25) is 9.48 Å². The molecule has 5 rings (SSSR count). The highest BCUT2D eigenvalue weighted by atomic mass is 32.2. The van der Waals surface area contributed by atoms with E-state index in [1.807, 2.05) is 33.7 Å². The summed E-state index contributed by atoms with van der Waals surface area (Å²) in [6, 6.07) is 18.3. The fraction of sp³-hybridized carbons (Fsp3) is 0.214. The standard InChI is InChI=1S/C28H26FN3O6S/c1-36-26-11-6-21(16-27(26)38-23-13-15-37-18-23)25-12-14-30-32(25)17-19-2-4-20(5-3-19)28(33)31-39(34,35)24-9-7-22(29)8-10-24/h2-12,14,16,23H,13,15,17-18H2,1H3,(H,31,33). The SMILES string of the molecule is COc1ccc(-c2ccnn2Cc2ccc(C(=O)NS(=O)(=O)c3ccc(F)cc3)cc2)cc1OC1CCOC1. The van der Waals surface area contributed by atoms with Gasteiger partial charge in [-0.15, -0.1) is 0 Å². The summed E-state index contributed by atoms with van der Waals surface area (Å²) in [4.78, 5) is 12.4. The molecular weight excluding hydrogens is 525 g/mol. The summed E-state index contributed by atoms with van der Waals surface area (Å²) >= 11 is 0. The fourth-order valence-corrected chi connectivity index (χ4v) is 5.18. The van der Waals surface area contributed by atoms with Gasteiger partial charge in [-0.05, 0) is 66.2 Å². The Morgan fingerprint density at radius 3 is 2.54 bits per heavy atom. The monoisotopic (exact) mass is 551 g/mol. The molecule has 0 bridgehead atoms. The van der Waals surface area contributed by atoms with Crippen molar-refractivity contribution in [1.29, 1.82) is 0 Å². The number of ether oxygens (including phenoxy) is 3. The van der Waals surface area contributed by atoms with E-state index >= 15 is 0 Å². The lowest BCUT2D eigenvalue weighted by molar-refractivity contribution is 0.0981. The second kappa shape index (κ2) is 11.3. The van der Waals surface area contributed by atoms with Crippen LogP contribution >= 0.6 is 0 Å². The summed E-state index contributed by atoms with van der Waals surface area (Å²) in [5.41, 5.74) is 2.77. The molecule has 0 aliphatic carbocycles. The van der Waals surface area contributed by atoms with Crippen molar-refractivity contribution < 1.29 is 31.8 Å². The van der Waals surface area contributed by atoms with E-state index in [0.29, 0.717) is 31.3 Å². The number of rotatable bonds is 9. The zero-order chi connectivity index (χ0) is 27.4. The molecule has 4 aromatic rings. The lowest BCUT2D eigenvalue weighted by Crippen LogP contribution is -2.30. The van der Waals surface area contributed by atoms with Crippen LogP contribution in [0.15, 0.2) is 83.9 Å². The van der Waals surface area contributed by atoms with Gasteiger partial charge in [-0.1, -0.05) is 12.1 Å². The lowest BCUT2D eigenvalue weighted by Gasteiger charge is -2.16. The van der Waals surface area contributed by atoms with Gasteiger partial charge in [0.25, 0.3) is 15.9 Å². The highest BCUT2D eigenvalue weighted by Gasteiger charge is 2.21. The molecule has 1 fully saturated rings. The number of benzene rings is 3. The Morgan fingerprint density at radius 2 is 1.85 bits per heavy atom. The van der Waals surface area contributed by atoms with E-state index in [1.54, 1.807) is 25.4 Å². The first-order valence-corrected chi connectivity index (χ1v) is 13.7. The van der Waals surface area contributed by atoms with Crippen molar-refractivity contribution in [1.82, 2.24) is 14.5 Å². The summed E-state index contributed by atoms with van der Waals surface area (Å²) < 4.78 is 58.8. The Morgan fingerprint density at radius 1 is 1.08 bits per heavy atom. The van der Waals surface area contributed by atoms with Crippen molar-refractivity contribution in [3.05, 3.63) is 95.9 Å². The van der Waals surface area contributed by atoms with E-state index < -0.39 is 21.7 Å². The number of hydrogen-bond acceptors (Lipinski definition) is 7. The van der Waals surface area contributed by atoms with Crippen LogP contribution in [0.1, 0.15) is 22.3 Å². The zero-order valence-electron chi connectivity index (χ0n) is 21.0. The molecule has 39 heavy (non-hydrogen) atoms. The summed E-state index contributed by atoms with van der Waals surface area (Å²) in [5, 5.41) is 4.45. The maximum atomic E-state index is 13.1. The third-order valence-corrected chi connectivity index (χ3v) is 7.60. The smallest absolute Gasteiger partial charge is 0.264 e. The molecule has 1 amide bonds. The van der Waals surface area contributed by atoms with Crippen LogP contribution in [0.5, 0.6) is 11.5 Å². The number of carbonyl (C=O) groups excluding carboxylic acids is 1. The number of nitrogens with one attached hydrogen (secondary N) is 1. The van der Waals surface area contributed by atoms with Crippen molar-refractivity contribution in [2.45, 2.75) is 24.0 Å². The minimum Gasteiger partial charge on any atom is -0.493 e. The van der Waals surface area contributed by atoms with Gasteiger partial charge in [0.15, 0.2) is 11.5 Å². The molecule has 11 heteroatoms. The number of nitrogens with zero attached hydrogens (tertiary/aromatic N) is 2. The van der Waals surface area contributed by atoms with Crippen LogP contribution in [0.4, 0.5) is 4.39 Å². The highest BCUT2D eigenvalue weighted by molar-refractivity contribution is 7.90. The minimum absolute atomic E-state index is 0.0274. The molecule has 1 aromatic heterocycles. The number of methoxy groups -OCH3 is 1. The van der Waals surface area contributed by atoms with Gasteiger partial charge in [0.2, 0.25) is 0 Å². The number of hydrogen-bond donors (Lipinski definition) is 1. The average Bonchev–Trinajstić information content (AvgIpc) is 3.61. The molecule has 0 spiro atoms. The van der Waals surface area contributed by atoms with Crippen LogP contribution in [0.3, 0.4) is 0 Å². The summed E-state index contributed by atoms with van der Waals surface area (Å²) in [6.07, 6.45) is 2.49. The van der Waals surface area contributed by atoms with E-state index in [1.165, 1.54) is 12.1 Å². The molecule has 1 N–H and O–H groups in total. The third kappa shape index (κ3) is 6.10. The molecule has 1 aliphatic heterocycles. The Hall–Kier alpha value is -4.22. The topological polar surface area (TPSA) is 109 Å². The van der Waals surface area contributed by atoms with E-state index in [4.69, 9.17) is 14.2 Å². The van der Waals surface area contributed by atoms with Crippen molar-refractivity contribution in [2.75, 3.05) is 20.3 Å². The highest BCUT2D eigenvalue weighted by Crippen LogP contribution is 2.34. The predicted octanol–water partition coefficient (Wildman–Crippen LogP) is 4.03. The molecule has 0 saturated carbocycles. The maximum absolute atomic E-state index is 13.1. The van der Waals surface area contributed by atoms with Crippen LogP contribution in [0, 0.1) is 5.82 Å². The molecule has 0 radical (unpaired) electrons. The van der Waals surface area contributed by atoms with Gasteiger partial charge >= 0.3 is 0 Å². The number of sulfonamides is 1. The second-order valence-electron chi connectivity index (χ2n) is 8.93. The largest absolute Gasteiger partial charge is 0.493 e. The molecule has 1 atom stereocenters. The van der Waals surface area contributed by atoms with Gasteiger partial charge in [-0.25, -0.2) is 17.5 Å². The number of amides is 1. The minimum atomic E-state index is -4.13. The third-order valence-electron chi connectivity index (χ3n) is 6.26. The van der Waals surface area contributed by atoms with Crippen molar-refractivity contribution in [3.8, 4) is 22.8 Å². The number of carbonyl (C=O) groups is 1. The zero-order valence-corrected chi connectivity index (χ0v) is 21.9. The number of aromatic nitrogens is 2.